The Morgan fingerprint density at radius 2 is 2.05 bits per heavy atom. The maximum atomic E-state index is 6.18. The van der Waals surface area contributed by atoms with Crippen molar-refractivity contribution in [3.8, 4) is 0 Å². The lowest BCUT2D eigenvalue weighted by Gasteiger charge is -2.14. The summed E-state index contributed by atoms with van der Waals surface area (Å²) in [5, 5.41) is 3.85. The second-order valence-corrected chi connectivity index (χ2v) is 5.52. The van der Waals surface area contributed by atoms with E-state index in [0.717, 1.165) is 28.6 Å². The van der Waals surface area contributed by atoms with Gasteiger partial charge in [0.15, 0.2) is 0 Å². The fourth-order valence-corrected chi connectivity index (χ4v) is 2.38. The summed E-state index contributed by atoms with van der Waals surface area (Å²) >= 11 is 9.61. The number of aromatic nitrogens is 2. The first-order chi connectivity index (χ1) is 9.65. The van der Waals surface area contributed by atoms with E-state index in [4.69, 9.17) is 17.4 Å². The highest BCUT2D eigenvalue weighted by Gasteiger charge is 2.11. The Kier molecular flexibility index (Phi) is 5.17. The molecule has 0 bridgehead atoms. The molecule has 0 aliphatic carbocycles. The third-order valence-corrected chi connectivity index (χ3v) is 3.59. The van der Waals surface area contributed by atoms with Crippen molar-refractivity contribution in [3.63, 3.8) is 0 Å². The Hall–Kier alpha value is -1.37. The molecule has 0 saturated heterocycles. The molecule has 0 saturated carbocycles. The summed E-state index contributed by atoms with van der Waals surface area (Å²) in [5.74, 6) is 6.82. The Labute approximate surface area is 131 Å². The molecule has 2 rings (SSSR count). The van der Waals surface area contributed by atoms with Gasteiger partial charge in [0.05, 0.1) is 10.7 Å². The first-order valence-corrected chi connectivity index (χ1v) is 7.35. The molecule has 0 amide bonds. The molecule has 7 heteroatoms. The Morgan fingerprint density at radius 3 is 2.75 bits per heavy atom. The molecule has 2 aromatic rings. The van der Waals surface area contributed by atoms with Crippen LogP contribution >= 0.6 is 27.5 Å². The van der Waals surface area contributed by atoms with Crippen LogP contribution in [0.25, 0.3) is 0 Å². The summed E-state index contributed by atoms with van der Waals surface area (Å²) in [4.78, 5) is 8.41. The Balaban J connectivity index is 2.39. The van der Waals surface area contributed by atoms with Gasteiger partial charge >= 0.3 is 0 Å². The Morgan fingerprint density at radius 1 is 1.30 bits per heavy atom. The maximum Gasteiger partial charge on any atom is 0.148 e. The first kappa shape index (κ1) is 15.0. The molecule has 0 fully saturated rings. The number of halogens is 2. The van der Waals surface area contributed by atoms with E-state index in [0.29, 0.717) is 16.7 Å². The molecular weight excluding hydrogens is 342 g/mol. The minimum Gasteiger partial charge on any atom is -0.339 e. The highest BCUT2D eigenvalue weighted by molar-refractivity contribution is 9.10. The number of anilines is 3. The van der Waals surface area contributed by atoms with Crippen molar-refractivity contribution < 1.29 is 0 Å². The zero-order chi connectivity index (χ0) is 14.5. The molecule has 0 unspecified atom stereocenters. The van der Waals surface area contributed by atoms with Crippen LogP contribution < -0.4 is 16.6 Å². The lowest BCUT2D eigenvalue weighted by atomic mass is 10.1. The predicted molar refractivity (Wildman–Crippen MR) is 86.3 cm³/mol. The minimum absolute atomic E-state index is 0.621. The second-order valence-electron chi connectivity index (χ2n) is 4.19. The fraction of sp³-hybridized carbons (Fsp3) is 0.231. The molecule has 1 heterocycles. The van der Waals surface area contributed by atoms with E-state index in [9.17, 15) is 0 Å². The number of nitrogen functional groups attached to an aromatic ring is 1. The number of nitrogens with zero attached hydrogens (tertiary/aromatic N) is 2. The summed E-state index contributed by atoms with van der Waals surface area (Å²) in [6.07, 6.45) is 3.24. The van der Waals surface area contributed by atoms with E-state index >= 15 is 0 Å². The van der Waals surface area contributed by atoms with E-state index in [1.165, 1.54) is 6.33 Å². The summed E-state index contributed by atoms with van der Waals surface area (Å²) in [6.45, 7) is 2.09. The van der Waals surface area contributed by atoms with Crippen LogP contribution in [0, 0.1) is 0 Å². The molecule has 4 N–H and O–H groups in total. The molecule has 0 aliphatic rings. The number of nitrogens with two attached hydrogens (primary N) is 1. The molecule has 0 aliphatic heterocycles. The summed E-state index contributed by atoms with van der Waals surface area (Å²) in [7, 11) is 0. The summed E-state index contributed by atoms with van der Waals surface area (Å²) in [5.41, 5.74) is 4.32. The van der Waals surface area contributed by atoms with Gasteiger partial charge in [0.25, 0.3) is 0 Å². The second kappa shape index (κ2) is 6.88. The predicted octanol–water partition coefficient (Wildman–Crippen LogP) is 3.87. The van der Waals surface area contributed by atoms with Gasteiger partial charge in [-0.15, -0.1) is 0 Å². The van der Waals surface area contributed by atoms with E-state index in [1.54, 1.807) is 0 Å². The number of nitrogens with one attached hydrogen (secondary N) is 2. The summed E-state index contributed by atoms with van der Waals surface area (Å²) < 4.78 is 0.938. The third-order valence-electron chi connectivity index (χ3n) is 2.76. The van der Waals surface area contributed by atoms with Crippen molar-refractivity contribution in [2.45, 2.75) is 19.8 Å². The highest BCUT2D eigenvalue weighted by Crippen LogP contribution is 2.30. The quantitative estimate of drug-likeness (QED) is 0.560. The average Bonchev–Trinajstić information content (AvgIpc) is 2.45. The van der Waals surface area contributed by atoms with Crippen LogP contribution in [0.4, 0.5) is 17.3 Å². The number of hydrazine groups is 1. The van der Waals surface area contributed by atoms with Gasteiger partial charge in [-0.2, -0.15) is 0 Å². The molecular formula is C13H15BrClN5. The van der Waals surface area contributed by atoms with Gasteiger partial charge in [-0.05, 0) is 24.6 Å². The van der Waals surface area contributed by atoms with Gasteiger partial charge in [-0.1, -0.05) is 40.9 Å². The average molecular weight is 357 g/mol. The molecule has 0 radical (unpaired) electrons. The van der Waals surface area contributed by atoms with E-state index < -0.39 is 0 Å². The molecule has 0 spiro atoms. The zero-order valence-electron chi connectivity index (χ0n) is 11.0. The molecule has 0 atom stereocenters. The van der Waals surface area contributed by atoms with Crippen molar-refractivity contribution in [1.82, 2.24) is 9.97 Å². The molecule has 5 nitrogen and oxygen atoms in total. The van der Waals surface area contributed by atoms with E-state index in [2.05, 4.69) is 43.6 Å². The Bertz CT molecular complexity index is 605. The smallest absolute Gasteiger partial charge is 0.148 e. The number of hydrogen-bond donors (Lipinski definition) is 3. The van der Waals surface area contributed by atoms with Crippen molar-refractivity contribution in [2.75, 3.05) is 10.7 Å². The van der Waals surface area contributed by atoms with Crippen molar-refractivity contribution in [2.24, 2.45) is 5.84 Å². The standard InChI is InChI=1S/C13H15BrClN5/c1-2-3-9-12(17-7-18-13(9)20-16)19-11-6-8(14)4-5-10(11)15/h4-7H,2-3,16H2,1H3,(H2,17,18,19,20). The molecule has 20 heavy (non-hydrogen) atoms. The topological polar surface area (TPSA) is 75.9 Å². The monoisotopic (exact) mass is 355 g/mol. The number of rotatable bonds is 5. The van der Waals surface area contributed by atoms with Gasteiger partial charge in [-0.25, -0.2) is 15.8 Å². The van der Waals surface area contributed by atoms with Crippen LogP contribution in [0.3, 0.4) is 0 Å². The van der Waals surface area contributed by atoms with Gasteiger partial charge in [0.1, 0.15) is 18.0 Å². The molecule has 1 aromatic carbocycles. The van der Waals surface area contributed by atoms with Crippen molar-refractivity contribution in [3.05, 3.63) is 39.6 Å². The molecule has 106 valence electrons. The van der Waals surface area contributed by atoms with Gasteiger partial charge in [0, 0.05) is 10.0 Å². The molecule has 1 aromatic heterocycles. The van der Waals surface area contributed by atoms with Crippen LogP contribution in [0.2, 0.25) is 5.02 Å². The lowest BCUT2D eigenvalue weighted by Crippen LogP contribution is -2.13. The minimum atomic E-state index is 0.621. The van der Waals surface area contributed by atoms with Gasteiger partial charge in [0.2, 0.25) is 0 Å². The fourth-order valence-electron chi connectivity index (χ4n) is 1.85. The largest absolute Gasteiger partial charge is 0.339 e. The maximum absolute atomic E-state index is 6.18. The van der Waals surface area contributed by atoms with Crippen LogP contribution in [-0.4, -0.2) is 9.97 Å². The number of hydrogen-bond acceptors (Lipinski definition) is 5. The van der Waals surface area contributed by atoms with Crippen LogP contribution in [-0.2, 0) is 6.42 Å². The SMILES string of the molecule is CCCc1c(NN)ncnc1Nc1cc(Br)ccc1Cl. The van der Waals surface area contributed by atoms with E-state index in [-0.39, 0.29) is 0 Å². The highest BCUT2D eigenvalue weighted by atomic mass is 79.9. The number of benzene rings is 1. The lowest BCUT2D eigenvalue weighted by molar-refractivity contribution is 0.903. The van der Waals surface area contributed by atoms with Crippen LogP contribution in [0.15, 0.2) is 29.0 Å². The van der Waals surface area contributed by atoms with Crippen LogP contribution in [0.1, 0.15) is 18.9 Å². The van der Waals surface area contributed by atoms with Crippen LogP contribution in [0.5, 0.6) is 0 Å². The van der Waals surface area contributed by atoms with Gasteiger partial charge in [-0.3, -0.25) is 0 Å². The van der Waals surface area contributed by atoms with E-state index in [1.807, 2.05) is 18.2 Å². The van der Waals surface area contributed by atoms with Crippen molar-refractivity contribution in [1.29, 1.82) is 0 Å². The third kappa shape index (κ3) is 3.39. The van der Waals surface area contributed by atoms with Crippen molar-refractivity contribution >= 4 is 44.9 Å². The first-order valence-electron chi connectivity index (χ1n) is 6.18. The van der Waals surface area contributed by atoms with Gasteiger partial charge < -0.3 is 10.7 Å². The zero-order valence-corrected chi connectivity index (χ0v) is 13.3. The normalized spacial score (nSPS) is 10.4. The summed E-state index contributed by atoms with van der Waals surface area (Å²) in [6, 6.07) is 5.60.